The predicted molar refractivity (Wildman–Crippen MR) is 80.8 cm³/mol. The number of carbonyl (C=O) groups is 1. The second kappa shape index (κ2) is 5.79. The van der Waals surface area contributed by atoms with Gasteiger partial charge in [0.15, 0.2) is 0 Å². The molecule has 1 aromatic heterocycles. The van der Waals surface area contributed by atoms with Crippen LogP contribution in [-0.2, 0) is 11.3 Å². The highest BCUT2D eigenvalue weighted by Crippen LogP contribution is 2.18. The molecule has 2 heterocycles. The Hall–Kier alpha value is -1.62. The first-order valence-corrected chi connectivity index (χ1v) is 7.07. The molecule has 1 fully saturated rings. The second-order valence-corrected chi connectivity index (χ2v) is 6.36. The van der Waals surface area contributed by atoms with Gasteiger partial charge in [-0.25, -0.2) is 4.98 Å². The molecule has 0 atom stereocenters. The van der Waals surface area contributed by atoms with Gasteiger partial charge in [-0.1, -0.05) is 0 Å². The molecule has 1 aromatic rings. The van der Waals surface area contributed by atoms with Crippen LogP contribution in [0, 0.1) is 6.92 Å². The van der Waals surface area contributed by atoms with Crippen molar-refractivity contribution in [1.29, 1.82) is 0 Å². The van der Waals surface area contributed by atoms with Crippen LogP contribution < -0.4 is 15.5 Å². The Morgan fingerprint density at radius 2 is 2.20 bits per heavy atom. The van der Waals surface area contributed by atoms with Crippen molar-refractivity contribution in [2.45, 2.75) is 39.8 Å². The van der Waals surface area contributed by atoms with E-state index in [1.807, 2.05) is 11.1 Å². The highest BCUT2D eigenvalue weighted by Gasteiger charge is 2.19. The fraction of sp³-hybridized carbons (Fsp3) is 0.600. The molecule has 1 aliphatic heterocycles. The Labute approximate surface area is 120 Å². The molecule has 0 unspecified atom stereocenters. The minimum Gasteiger partial charge on any atom is -0.353 e. The zero-order valence-electron chi connectivity index (χ0n) is 12.8. The number of hydrogen-bond acceptors (Lipinski definition) is 4. The Morgan fingerprint density at radius 3 is 2.80 bits per heavy atom. The summed E-state index contributed by atoms with van der Waals surface area (Å²) >= 11 is 0. The van der Waals surface area contributed by atoms with Gasteiger partial charge in [-0.2, -0.15) is 0 Å². The van der Waals surface area contributed by atoms with E-state index in [1.54, 1.807) is 0 Å². The van der Waals surface area contributed by atoms with Gasteiger partial charge in [0.05, 0.1) is 6.54 Å². The zero-order chi connectivity index (χ0) is 14.8. The number of carbonyl (C=O) groups excluding carboxylic acids is 1. The lowest BCUT2D eigenvalue weighted by Crippen LogP contribution is -2.48. The number of anilines is 1. The third-order valence-corrected chi connectivity index (χ3v) is 3.27. The quantitative estimate of drug-likeness (QED) is 0.871. The molecule has 0 saturated carbocycles. The Morgan fingerprint density at radius 1 is 1.45 bits per heavy atom. The predicted octanol–water partition coefficient (Wildman–Crippen LogP) is 1.21. The van der Waals surface area contributed by atoms with Crippen LogP contribution in [0.5, 0.6) is 0 Å². The Bertz CT molecular complexity index is 493. The molecule has 0 radical (unpaired) electrons. The SMILES string of the molecule is Cc1cc(CNC(C)(C)C)cnc1N1CCNC(=O)C1. The summed E-state index contributed by atoms with van der Waals surface area (Å²) in [6, 6.07) is 2.15. The molecule has 110 valence electrons. The molecule has 1 amide bonds. The van der Waals surface area contributed by atoms with Gasteiger partial charge in [0, 0.05) is 31.4 Å². The smallest absolute Gasteiger partial charge is 0.239 e. The average Bonchev–Trinajstić information content (AvgIpc) is 2.35. The first-order valence-electron chi connectivity index (χ1n) is 7.07. The summed E-state index contributed by atoms with van der Waals surface area (Å²) in [6.07, 6.45) is 1.90. The summed E-state index contributed by atoms with van der Waals surface area (Å²) in [4.78, 5) is 18.0. The van der Waals surface area contributed by atoms with E-state index in [9.17, 15) is 4.79 Å². The van der Waals surface area contributed by atoms with Crippen molar-refractivity contribution in [3.63, 3.8) is 0 Å². The summed E-state index contributed by atoms with van der Waals surface area (Å²) in [7, 11) is 0. The van der Waals surface area contributed by atoms with Gasteiger partial charge in [-0.3, -0.25) is 4.79 Å². The van der Waals surface area contributed by atoms with Crippen LogP contribution in [0.15, 0.2) is 12.3 Å². The highest BCUT2D eigenvalue weighted by atomic mass is 16.2. The van der Waals surface area contributed by atoms with Gasteiger partial charge >= 0.3 is 0 Å². The highest BCUT2D eigenvalue weighted by molar-refractivity contribution is 5.82. The molecule has 0 aliphatic carbocycles. The molecule has 20 heavy (non-hydrogen) atoms. The van der Waals surface area contributed by atoms with Crippen molar-refractivity contribution in [2.75, 3.05) is 24.5 Å². The second-order valence-electron chi connectivity index (χ2n) is 6.36. The van der Waals surface area contributed by atoms with Crippen LogP contribution in [-0.4, -0.2) is 36.1 Å². The number of aromatic nitrogens is 1. The zero-order valence-corrected chi connectivity index (χ0v) is 12.8. The van der Waals surface area contributed by atoms with Crippen LogP contribution in [0.3, 0.4) is 0 Å². The molecule has 1 saturated heterocycles. The van der Waals surface area contributed by atoms with Crippen LogP contribution in [0.25, 0.3) is 0 Å². The van der Waals surface area contributed by atoms with Crippen molar-refractivity contribution < 1.29 is 4.79 Å². The minimum absolute atomic E-state index is 0.0657. The van der Waals surface area contributed by atoms with Crippen LogP contribution in [0.4, 0.5) is 5.82 Å². The number of nitrogens with zero attached hydrogens (tertiary/aromatic N) is 2. The van der Waals surface area contributed by atoms with Crippen molar-refractivity contribution in [3.05, 3.63) is 23.4 Å². The number of pyridine rings is 1. The molecule has 0 bridgehead atoms. The van der Waals surface area contributed by atoms with Crippen LogP contribution in [0.1, 0.15) is 31.9 Å². The van der Waals surface area contributed by atoms with Crippen molar-refractivity contribution in [3.8, 4) is 0 Å². The number of aryl methyl sites for hydroxylation is 1. The first-order chi connectivity index (χ1) is 9.35. The molecule has 2 N–H and O–H groups in total. The lowest BCUT2D eigenvalue weighted by atomic mass is 10.1. The molecule has 5 nitrogen and oxygen atoms in total. The maximum Gasteiger partial charge on any atom is 0.239 e. The summed E-state index contributed by atoms with van der Waals surface area (Å²) in [6.45, 7) is 11.2. The largest absolute Gasteiger partial charge is 0.353 e. The summed E-state index contributed by atoms with van der Waals surface area (Å²) < 4.78 is 0. The van der Waals surface area contributed by atoms with Gasteiger partial charge in [0.1, 0.15) is 5.82 Å². The molecular formula is C15H24N4O. The normalized spacial score (nSPS) is 16.2. The molecule has 2 rings (SSSR count). The maximum absolute atomic E-state index is 11.4. The third kappa shape index (κ3) is 3.93. The third-order valence-electron chi connectivity index (χ3n) is 3.27. The first kappa shape index (κ1) is 14.8. The van der Waals surface area contributed by atoms with E-state index in [0.29, 0.717) is 13.1 Å². The molecule has 0 spiro atoms. The lowest BCUT2D eigenvalue weighted by molar-refractivity contribution is -0.120. The van der Waals surface area contributed by atoms with Gasteiger partial charge in [-0.15, -0.1) is 0 Å². The molecular weight excluding hydrogens is 252 g/mol. The number of piperazine rings is 1. The van der Waals surface area contributed by atoms with Gasteiger partial charge in [-0.05, 0) is 44.9 Å². The Balaban J connectivity index is 2.07. The van der Waals surface area contributed by atoms with Gasteiger partial charge < -0.3 is 15.5 Å². The van der Waals surface area contributed by atoms with E-state index in [4.69, 9.17) is 0 Å². The fourth-order valence-electron chi connectivity index (χ4n) is 2.24. The average molecular weight is 276 g/mol. The van der Waals surface area contributed by atoms with Gasteiger partial charge in [0.25, 0.3) is 0 Å². The topological polar surface area (TPSA) is 57.3 Å². The van der Waals surface area contributed by atoms with Crippen LogP contribution >= 0.6 is 0 Å². The number of nitrogens with one attached hydrogen (secondary N) is 2. The number of rotatable bonds is 3. The molecule has 5 heteroatoms. The number of amides is 1. The van der Waals surface area contributed by atoms with E-state index in [1.165, 1.54) is 5.56 Å². The summed E-state index contributed by atoms with van der Waals surface area (Å²) in [5, 5.41) is 6.28. The van der Waals surface area contributed by atoms with Crippen LogP contribution in [0.2, 0.25) is 0 Å². The minimum atomic E-state index is 0.0657. The van der Waals surface area contributed by atoms with E-state index in [2.05, 4.69) is 49.4 Å². The summed E-state index contributed by atoms with van der Waals surface area (Å²) in [5.41, 5.74) is 2.38. The van der Waals surface area contributed by atoms with E-state index in [-0.39, 0.29) is 11.4 Å². The fourth-order valence-corrected chi connectivity index (χ4v) is 2.24. The lowest BCUT2D eigenvalue weighted by Gasteiger charge is -2.29. The van der Waals surface area contributed by atoms with E-state index < -0.39 is 0 Å². The molecule has 1 aliphatic rings. The van der Waals surface area contributed by atoms with Gasteiger partial charge in [0.2, 0.25) is 5.91 Å². The standard InChI is InChI=1S/C15H24N4O/c1-11-7-12(9-18-15(2,3)4)8-17-14(11)19-6-5-16-13(20)10-19/h7-8,18H,5-6,9-10H2,1-4H3,(H,16,20). The Kier molecular flexibility index (Phi) is 4.28. The van der Waals surface area contributed by atoms with E-state index >= 15 is 0 Å². The van der Waals surface area contributed by atoms with Crippen molar-refractivity contribution >= 4 is 11.7 Å². The number of hydrogen-bond donors (Lipinski definition) is 2. The van der Waals surface area contributed by atoms with E-state index in [0.717, 1.165) is 24.5 Å². The molecule has 0 aromatic carbocycles. The van der Waals surface area contributed by atoms with Crippen molar-refractivity contribution in [2.24, 2.45) is 0 Å². The summed E-state index contributed by atoms with van der Waals surface area (Å²) in [5.74, 6) is 0.982. The monoisotopic (exact) mass is 276 g/mol. The maximum atomic E-state index is 11.4. The van der Waals surface area contributed by atoms with Crippen molar-refractivity contribution in [1.82, 2.24) is 15.6 Å².